The average Bonchev–Trinajstić information content (AvgIpc) is 0.919. The molecule has 0 aliphatic rings. The standard InChI is InChI=1S/C85H162O17P2/c1-6-9-12-15-18-21-24-26-28-31-36-39-44-49-54-59-64-69-83(88)96-75-81(102-85(90)71-66-61-56-51-46-41-37-33-30-29-32-35-38-43-47-52-57-62-67-78(4)5)77-100-104(93,94)98-73-79(86)72-97-103(91,92)99-76-80(74-95-82(87)68-63-58-53-48-42-23-20-17-14-11-8-3)101-84(89)70-65-60-55-50-45-40-34-27-25-22-19-16-13-10-7-2/h22,25,27,34,78-81,86H,6-21,23-24,26,28-33,35-77H2,1-5H3,(H,91,92)(H,93,94)/b25-22-,34-27-/t79-,80+,81+/m0/s1. The van der Waals surface area contributed by atoms with Crippen LogP contribution in [-0.4, -0.2) is 96.7 Å². The number of esters is 4. The van der Waals surface area contributed by atoms with E-state index in [1.54, 1.807) is 0 Å². The highest BCUT2D eigenvalue weighted by Gasteiger charge is 2.30. The van der Waals surface area contributed by atoms with Crippen LogP contribution in [0.4, 0.5) is 0 Å². The van der Waals surface area contributed by atoms with Gasteiger partial charge in [-0.3, -0.25) is 37.3 Å². The second-order valence-corrected chi connectivity index (χ2v) is 33.3. The van der Waals surface area contributed by atoms with Crippen molar-refractivity contribution in [3.63, 3.8) is 0 Å². The normalized spacial score (nSPS) is 13.9. The van der Waals surface area contributed by atoms with Gasteiger partial charge in [0.15, 0.2) is 12.2 Å². The van der Waals surface area contributed by atoms with Crippen LogP contribution in [0.15, 0.2) is 24.3 Å². The van der Waals surface area contributed by atoms with E-state index >= 15 is 0 Å². The number of phosphoric acid groups is 2. The molecule has 19 heteroatoms. The molecule has 0 aromatic carbocycles. The quantitative estimate of drug-likeness (QED) is 0.0169. The first-order valence-corrected chi connectivity index (χ1v) is 46.4. The number of carbonyl (C=O) groups is 4. The minimum atomic E-state index is -4.97. The predicted molar refractivity (Wildman–Crippen MR) is 428 cm³/mol. The molecule has 0 radical (unpaired) electrons. The summed E-state index contributed by atoms with van der Waals surface area (Å²) in [5.74, 6) is -1.31. The van der Waals surface area contributed by atoms with Gasteiger partial charge in [-0.1, -0.05) is 380 Å². The van der Waals surface area contributed by atoms with E-state index in [2.05, 4.69) is 58.9 Å². The maximum Gasteiger partial charge on any atom is 0.472 e. The van der Waals surface area contributed by atoms with Crippen LogP contribution < -0.4 is 0 Å². The van der Waals surface area contributed by atoms with Crippen molar-refractivity contribution in [1.82, 2.24) is 0 Å². The first-order chi connectivity index (χ1) is 50.5. The third-order valence-corrected chi connectivity index (χ3v) is 21.3. The summed E-state index contributed by atoms with van der Waals surface area (Å²) in [7, 11) is -9.94. The number of aliphatic hydroxyl groups is 1. The Morgan fingerprint density at radius 2 is 0.519 bits per heavy atom. The van der Waals surface area contributed by atoms with Crippen molar-refractivity contribution in [3.8, 4) is 0 Å². The molecule has 0 aliphatic heterocycles. The summed E-state index contributed by atoms with van der Waals surface area (Å²) in [4.78, 5) is 73.1. The smallest absolute Gasteiger partial charge is 0.462 e. The highest BCUT2D eigenvalue weighted by molar-refractivity contribution is 7.47. The lowest BCUT2D eigenvalue weighted by Gasteiger charge is -2.21. The van der Waals surface area contributed by atoms with Gasteiger partial charge in [-0.05, 0) is 57.3 Å². The Hall–Kier alpha value is -2.46. The number of ether oxygens (including phenoxy) is 4. The maximum absolute atomic E-state index is 13.1. The first-order valence-electron chi connectivity index (χ1n) is 43.5. The van der Waals surface area contributed by atoms with E-state index < -0.39 is 97.5 Å². The minimum Gasteiger partial charge on any atom is -0.462 e. The molecule has 2 unspecified atom stereocenters. The molecule has 0 saturated heterocycles. The lowest BCUT2D eigenvalue weighted by Crippen LogP contribution is -2.30. The molecule has 0 spiro atoms. The zero-order chi connectivity index (χ0) is 76.2. The zero-order valence-electron chi connectivity index (χ0n) is 67.7. The molecule has 104 heavy (non-hydrogen) atoms. The molecule has 0 rings (SSSR count). The summed E-state index contributed by atoms with van der Waals surface area (Å²) >= 11 is 0. The largest absolute Gasteiger partial charge is 0.472 e. The fourth-order valence-corrected chi connectivity index (χ4v) is 14.3. The van der Waals surface area contributed by atoms with Gasteiger partial charge in [-0.15, -0.1) is 0 Å². The van der Waals surface area contributed by atoms with Gasteiger partial charge >= 0.3 is 39.5 Å². The van der Waals surface area contributed by atoms with Crippen LogP contribution >= 0.6 is 15.6 Å². The highest BCUT2D eigenvalue weighted by Crippen LogP contribution is 2.45. The van der Waals surface area contributed by atoms with E-state index in [0.29, 0.717) is 25.7 Å². The van der Waals surface area contributed by atoms with Crippen molar-refractivity contribution in [2.24, 2.45) is 5.92 Å². The Balaban J connectivity index is 5.26. The van der Waals surface area contributed by atoms with Gasteiger partial charge in [-0.2, -0.15) is 0 Å². The molecular formula is C85H162O17P2. The molecule has 0 amide bonds. The molecule has 5 atom stereocenters. The van der Waals surface area contributed by atoms with Crippen molar-refractivity contribution in [2.75, 3.05) is 39.6 Å². The Morgan fingerprint density at radius 1 is 0.298 bits per heavy atom. The van der Waals surface area contributed by atoms with Crippen molar-refractivity contribution in [2.45, 2.75) is 451 Å². The Labute approximate surface area is 637 Å². The molecule has 0 heterocycles. The third-order valence-electron chi connectivity index (χ3n) is 19.4. The van der Waals surface area contributed by atoms with Crippen molar-refractivity contribution >= 4 is 39.5 Å². The van der Waals surface area contributed by atoms with E-state index in [0.717, 1.165) is 109 Å². The topological polar surface area (TPSA) is 237 Å². The lowest BCUT2D eigenvalue weighted by atomic mass is 10.0. The fraction of sp³-hybridized carbons (Fsp3) is 0.906. The SMILES string of the molecule is CCCCCC/C=C\C=C/CCCCCCCC(=O)O[C@H](COC(=O)CCCCCCCCCCCCC)COP(=O)(O)OC[C@H](O)COP(=O)(O)OC[C@@H](COC(=O)CCCCCCCCCCCCCCCCCCC)OC(=O)CCCCCCCCCCCCCCCCCCCCC(C)C. The molecule has 0 bridgehead atoms. The van der Waals surface area contributed by atoms with E-state index in [4.69, 9.17) is 37.0 Å². The summed E-state index contributed by atoms with van der Waals surface area (Å²) in [6.45, 7) is 7.32. The highest BCUT2D eigenvalue weighted by atomic mass is 31.2. The van der Waals surface area contributed by atoms with Crippen molar-refractivity contribution in [1.29, 1.82) is 0 Å². The van der Waals surface area contributed by atoms with Gasteiger partial charge in [0.05, 0.1) is 26.4 Å². The number of hydrogen-bond acceptors (Lipinski definition) is 15. The summed E-state index contributed by atoms with van der Waals surface area (Å²) in [6, 6.07) is 0. The molecule has 0 saturated carbocycles. The number of aliphatic hydroxyl groups excluding tert-OH is 1. The zero-order valence-corrected chi connectivity index (χ0v) is 69.4. The lowest BCUT2D eigenvalue weighted by molar-refractivity contribution is -0.161. The molecule has 0 aliphatic carbocycles. The van der Waals surface area contributed by atoms with Gasteiger partial charge in [0, 0.05) is 25.7 Å². The van der Waals surface area contributed by atoms with E-state index in [-0.39, 0.29) is 25.7 Å². The number of hydrogen-bond donors (Lipinski definition) is 3. The molecule has 3 N–H and O–H groups in total. The van der Waals surface area contributed by atoms with Gasteiger partial charge in [-0.25, -0.2) is 9.13 Å². The number of rotatable bonds is 83. The van der Waals surface area contributed by atoms with Crippen LogP contribution in [0, 0.1) is 5.92 Å². The molecule has 614 valence electrons. The fourth-order valence-electron chi connectivity index (χ4n) is 12.8. The summed E-state index contributed by atoms with van der Waals surface area (Å²) in [5.41, 5.74) is 0. The average molecular weight is 1520 g/mol. The molecular weight excluding hydrogens is 1350 g/mol. The summed E-state index contributed by atoms with van der Waals surface area (Å²) in [6.07, 6.45) is 72.9. The van der Waals surface area contributed by atoms with E-state index in [1.165, 1.54) is 244 Å². The number of carbonyl (C=O) groups excluding carboxylic acids is 4. The predicted octanol–water partition coefficient (Wildman–Crippen LogP) is 25.5. The van der Waals surface area contributed by atoms with E-state index in [1.807, 2.05) is 0 Å². The summed E-state index contributed by atoms with van der Waals surface area (Å²) < 4.78 is 68.8. The van der Waals surface area contributed by atoms with E-state index in [9.17, 15) is 43.2 Å². The maximum atomic E-state index is 13.1. The number of phosphoric ester groups is 2. The van der Waals surface area contributed by atoms with Gasteiger partial charge in [0.1, 0.15) is 19.3 Å². The second kappa shape index (κ2) is 77.3. The first kappa shape index (κ1) is 102. The molecule has 17 nitrogen and oxygen atoms in total. The van der Waals surface area contributed by atoms with Crippen molar-refractivity contribution < 1.29 is 80.2 Å². The van der Waals surface area contributed by atoms with Crippen LogP contribution in [0.1, 0.15) is 433 Å². The molecule has 0 aromatic heterocycles. The number of allylic oxidation sites excluding steroid dienone is 4. The minimum absolute atomic E-state index is 0.0857. The Bertz CT molecular complexity index is 2070. The van der Waals surface area contributed by atoms with Crippen LogP contribution in [0.25, 0.3) is 0 Å². The monoisotopic (exact) mass is 1520 g/mol. The van der Waals surface area contributed by atoms with Crippen LogP contribution in [-0.2, 0) is 65.4 Å². The van der Waals surface area contributed by atoms with Gasteiger partial charge in [0.25, 0.3) is 0 Å². The number of unbranched alkanes of at least 4 members (excludes halogenated alkanes) is 52. The van der Waals surface area contributed by atoms with Crippen LogP contribution in [0.2, 0.25) is 0 Å². The third kappa shape index (κ3) is 77.7. The van der Waals surface area contributed by atoms with Crippen LogP contribution in [0.5, 0.6) is 0 Å². The van der Waals surface area contributed by atoms with Gasteiger partial charge in [0.2, 0.25) is 0 Å². The molecule has 0 fully saturated rings. The van der Waals surface area contributed by atoms with Crippen molar-refractivity contribution in [3.05, 3.63) is 24.3 Å². The Kier molecular flexibility index (Phi) is 75.4. The summed E-state index contributed by atoms with van der Waals surface area (Å²) in [5, 5.41) is 10.7. The Morgan fingerprint density at radius 3 is 0.788 bits per heavy atom. The van der Waals surface area contributed by atoms with Crippen LogP contribution in [0.3, 0.4) is 0 Å². The molecule has 0 aromatic rings. The van der Waals surface area contributed by atoms with Gasteiger partial charge < -0.3 is 33.8 Å². The second-order valence-electron chi connectivity index (χ2n) is 30.4.